The lowest BCUT2D eigenvalue weighted by molar-refractivity contribution is 1.66. The van der Waals surface area contributed by atoms with Crippen LogP contribution < -0.4 is 0 Å². The summed E-state index contributed by atoms with van der Waals surface area (Å²) in [5.74, 6) is 0. The third kappa shape index (κ3) is 3.78. The fourth-order valence-corrected chi connectivity index (χ4v) is 99.9. The molecule has 0 saturated heterocycles. The van der Waals surface area contributed by atoms with Crippen LogP contribution in [0.2, 0.25) is 58.9 Å². The van der Waals surface area contributed by atoms with Crippen molar-refractivity contribution in [3.8, 4) is 0 Å². The van der Waals surface area contributed by atoms with Crippen molar-refractivity contribution in [2.24, 2.45) is 0 Å². The second kappa shape index (κ2) is 6.14. The van der Waals surface area contributed by atoms with Crippen LogP contribution in [0.15, 0.2) is 36.0 Å². The summed E-state index contributed by atoms with van der Waals surface area (Å²) < 4.78 is 0. The summed E-state index contributed by atoms with van der Waals surface area (Å²) in [6, 6.07) is 10.9. The Morgan fingerprint density at radius 1 is 0.619 bits per heavy atom. The van der Waals surface area contributed by atoms with Gasteiger partial charge in [0.1, 0.15) is 0 Å². The van der Waals surface area contributed by atoms with E-state index in [9.17, 15) is 0 Å². The van der Waals surface area contributed by atoms with Crippen molar-refractivity contribution in [2.45, 2.75) is 58.9 Å². The normalized spacial score (nSPS) is 14.7. The van der Waals surface area contributed by atoms with Gasteiger partial charge in [0.15, 0.2) is 0 Å². The summed E-state index contributed by atoms with van der Waals surface area (Å²) in [6.45, 7) is 22.4. The Morgan fingerprint density at radius 2 is 1.00 bits per heavy atom. The molecule has 0 N–H and O–H groups in total. The highest BCUT2D eigenvalue weighted by Gasteiger charge is 2.59. The van der Waals surface area contributed by atoms with Gasteiger partial charge in [0.2, 0.25) is 0 Å². The zero-order valence-corrected chi connectivity index (χ0v) is 19.5. The molecule has 0 fully saturated rings. The Hall–Kier alpha value is -0.172. The minimum Gasteiger partial charge on any atom is -0.101 e. The van der Waals surface area contributed by atoms with Crippen molar-refractivity contribution in [1.29, 1.82) is 0 Å². The van der Waals surface area contributed by atoms with Gasteiger partial charge < -0.3 is 0 Å². The Bertz CT molecular complexity index is 448. The predicted molar refractivity (Wildman–Crippen MR) is 111 cm³/mol. The van der Waals surface area contributed by atoms with Crippen LogP contribution in [-0.4, -0.2) is 29.4 Å². The summed E-state index contributed by atoms with van der Waals surface area (Å²) >= 11 is 0. The molecule has 0 aliphatic rings. The quantitative estimate of drug-likeness (QED) is 0.577. The van der Waals surface area contributed by atoms with Crippen LogP contribution in [0.4, 0.5) is 0 Å². The van der Waals surface area contributed by atoms with Crippen molar-refractivity contribution < 1.29 is 0 Å². The monoisotopic (exact) mass is 350 g/mol. The Balaban J connectivity index is 3.49. The van der Waals surface area contributed by atoms with E-state index in [2.05, 4.69) is 101 Å². The number of rotatable bonds is 5. The van der Waals surface area contributed by atoms with Gasteiger partial charge in [-0.3, -0.25) is 0 Å². The molecule has 0 amide bonds. The lowest BCUT2D eigenvalue weighted by Crippen LogP contribution is -2.81. The number of hydrogen-bond donors (Lipinski definition) is 0. The third-order valence-corrected chi connectivity index (χ3v) is 75.9. The van der Waals surface area contributed by atoms with Gasteiger partial charge in [-0.1, -0.05) is 95.3 Å². The fourth-order valence-electron chi connectivity index (χ4n) is 4.91. The molecule has 0 bridgehead atoms. The summed E-state index contributed by atoms with van der Waals surface area (Å²) in [4.78, 5) is 0. The molecule has 0 unspecified atom stereocenters. The summed E-state index contributed by atoms with van der Waals surface area (Å²) in [5, 5.41) is 0. The van der Waals surface area contributed by atoms with Crippen LogP contribution in [0, 0.1) is 0 Å². The number of hydrogen-bond acceptors (Lipinski definition) is 0. The molecular formula is C17H34Si4. The van der Waals surface area contributed by atoms with Crippen molar-refractivity contribution >= 4 is 35.5 Å². The average Bonchev–Trinajstić information content (AvgIpc) is 2.25. The van der Waals surface area contributed by atoms with E-state index in [4.69, 9.17) is 0 Å². The molecule has 0 nitrogen and oxygen atoms in total. The van der Waals surface area contributed by atoms with Gasteiger partial charge in [-0.15, -0.1) is 5.70 Å². The van der Waals surface area contributed by atoms with Crippen molar-refractivity contribution in [3.05, 3.63) is 41.6 Å². The highest BCUT2D eigenvalue weighted by molar-refractivity contribution is 7.90. The number of benzene rings is 1. The molecule has 118 valence electrons. The van der Waals surface area contributed by atoms with Crippen LogP contribution in [0.3, 0.4) is 0 Å². The van der Waals surface area contributed by atoms with Gasteiger partial charge in [-0.25, -0.2) is 0 Å². The summed E-state index contributed by atoms with van der Waals surface area (Å²) in [6.07, 6.45) is 2.47. The molecule has 1 rings (SSSR count). The Labute approximate surface area is 136 Å². The van der Waals surface area contributed by atoms with E-state index in [-0.39, 0.29) is 0 Å². The lowest BCUT2D eigenvalue weighted by Gasteiger charge is -2.55. The molecule has 1 aromatic rings. The first kappa shape index (κ1) is 18.9. The van der Waals surface area contributed by atoms with Crippen molar-refractivity contribution in [1.82, 2.24) is 0 Å². The molecular weight excluding hydrogens is 317 g/mol. The zero-order chi connectivity index (χ0) is 16.5. The van der Waals surface area contributed by atoms with Gasteiger partial charge in [-0.05, 0) is 5.56 Å². The predicted octanol–water partition coefficient (Wildman–Crippen LogP) is 5.94. The van der Waals surface area contributed by atoms with E-state index in [1.807, 2.05) is 0 Å². The van der Waals surface area contributed by atoms with Gasteiger partial charge in [0.25, 0.3) is 0 Å². The van der Waals surface area contributed by atoms with Crippen molar-refractivity contribution in [2.75, 3.05) is 0 Å². The lowest BCUT2D eigenvalue weighted by atomic mass is 10.2. The van der Waals surface area contributed by atoms with Crippen LogP contribution in [0.1, 0.15) is 5.56 Å². The molecule has 0 atom stereocenters. The Morgan fingerprint density at radius 3 is 1.33 bits per heavy atom. The van der Waals surface area contributed by atoms with E-state index in [1.165, 1.54) is 5.56 Å². The molecule has 0 radical (unpaired) electrons. The molecule has 0 spiro atoms. The molecule has 0 aliphatic heterocycles. The van der Waals surface area contributed by atoms with Gasteiger partial charge in [0.05, 0.1) is 6.63 Å². The average molecular weight is 351 g/mol. The largest absolute Gasteiger partial charge is 0.101 e. The minimum absolute atomic E-state index is 1.19. The van der Waals surface area contributed by atoms with Crippen molar-refractivity contribution in [3.63, 3.8) is 0 Å². The summed E-state index contributed by atoms with van der Waals surface area (Å²) in [7, 11) is -3.56. The van der Waals surface area contributed by atoms with E-state index < -0.39 is 29.4 Å². The van der Waals surface area contributed by atoms with Gasteiger partial charge in [-0.2, -0.15) is 0 Å². The molecule has 0 heterocycles. The van der Waals surface area contributed by atoms with Gasteiger partial charge >= 0.3 is 0 Å². The topological polar surface area (TPSA) is 0 Å². The van der Waals surface area contributed by atoms with Gasteiger partial charge in [0, 0.05) is 22.8 Å². The maximum atomic E-state index is 2.80. The van der Waals surface area contributed by atoms with E-state index in [0.717, 1.165) is 0 Å². The molecule has 0 aliphatic carbocycles. The highest BCUT2D eigenvalue weighted by atomic mass is 29.9. The SMILES string of the molecule is C[Si](C)(C)[Si](C=Cc1ccccc1)([Si](C)(C)C)[Si](C)(C)C. The van der Waals surface area contributed by atoms with Crippen LogP contribution in [0.25, 0.3) is 6.08 Å². The third-order valence-electron chi connectivity index (χ3n) is 4.87. The second-order valence-corrected chi connectivity index (χ2v) is 49.8. The molecule has 21 heavy (non-hydrogen) atoms. The smallest absolute Gasteiger partial charge is 0.0598 e. The first-order valence-electron chi connectivity index (χ1n) is 8.07. The highest BCUT2D eigenvalue weighted by Crippen LogP contribution is 2.38. The molecule has 0 aromatic heterocycles. The summed E-state index contributed by atoms with van der Waals surface area (Å²) in [5.41, 5.74) is 4.18. The molecule has 0 saturated carbocycles. The van der Waals surface area contributed by atoms with E-state index in [0.29, 0.717) is 0 Å². The maximum absolute atomic E-state index is 2.80. The second-order valence-electron chi connectivity index (χ2n) is 9.30. The van der Waals surface area contributed by atoms with Crippen LogP contribution >= 0.6 is 0 Å². The minimum atomic E-state index is -1.35. The van der Waals surface area contributed by atoms with E-state index in [1.54, 1.807) is 0 Å². The van der Waals surface area contributed by atoms with E-state index >= 15 is 0 Å². The zero-order valence-electron chi connectivity index (χ0n) is 15.5. The first-order chi connectivity index (χ1) is 9.33. The molecule has 4 heteroatoms. The first-order valence-corrected chi connectivity index (χ1v) is 23.6. The Kier molecular flexibility index (Phi) is 5.52. The maximum Gasteiger partial charge on any atom is 0.0598 e. The fraction of sp³-hybridized carbons (Fsp3) is 0.529. The van der Waals surface area contributed by atoms with Crippen LogP contribution in [-0.2, 0) is 0 Å². The standard InChI is InChI=1S/C17H34Si4/c1-18(2,3)21(19(4,5)6,20(7,8)9)16-15-17-13-11-10-12-14-17/h10-16H,1-9H3. The molecule has 1 aromatic carbocycles. The van der Waals surface area contributed by atoms with Crippen LogP contribution in [0.5, 0.6) is 0 Å².